The minimum atomic E-state index is -0.499. The Hall–Kier alpha value is -2.10. The Morgan fingerprint density at radius 1 is 1.36 bits per heavy atom. The Kier molecular flexibility index (Phi) is 5.31. The number of hydrogen-bond donors (Lipinski definition) is 0. The molecular formula is C19H15BrN2O4S2. The number of rotatable bonds is 5. The number of benzene rings is 1. The predicted molar refractivity (Wildman–Crippen MR) is 114 cm³/mol. The van der Waals surface area contributed by atoms with Crippen LogP contribution in [-0.4, -0.2) is 22.1 Å². The molecule has 144 valence electrons. The van der Waals surface area contributed by atoms with Gasteiger partial charge >= 0.3 is 5.97 Å². The Morgan fingerprint density at radius 2 is 2.18 bits per heavy atom. The van der Waals surface area contributed by atoms with Gasteiger partial charge in [0, 0.05) is 28.2 Å². The van der Waals surface area contributed by atoms with Crippen LogP contribution in [0.15, 0.2) is 48.5 Å². The number of thioether (sulfide) groups is 1. The summed E-state index contributed by atoms with van der Waals surface area (Å²) < 4.78 is 13.3. The third kappa shape index (κ3) is 3.38. The molecule has 0 aliphatic rings. The number of esters is 1. The number of halogens is 1. The van der Waals surface area contributed by atoms with Crippen LogP contribution in [0.3, 0.4) is 0 Å². The number of aromatic nitrogens is 2. The third-order valence-corrected chi connectivity index (χ3v) is 6.58. The molecule has 0 unspecified atom stereocenters. The van der Waals surface area contributed by atoms with E-state index in [0.717, 1.165) is 15.4 Å². The topological polar surface area (TPSA) is 74.3 Å². The van der Waals surface area contributed by atoms with E-state index in [9.17, 15) is 9.59 Å². The summed E-state index contributed by atoms with van der Waals surface area (Å²) in [6.07, 6.45) is 0. The van der Waals surface area contributed by atoms with Crippen molar-refractivity contribution < 1.29 is 13.9 Å². The van der Waals surface area contributed by atoms with E-state index in [1.807, 2.05) is 23.6 Å². The summed E-state index contributed by atoms with van der Waals surface area (Å²) in [6, 6.07) is 7.35. The van der Waals surface area contributed by atoms with Gasteiger partial charge in [-0.2, -0.15) is 0 Å². The van der Waals surface area contributed by atoms with Crippen LogP contribution < -0.4 is 5.56 Å². The van der Waals surface area contributed by atoms with Crippen molar-refractivity contribution in [3.63, 3.8) is 0 Å². The number of hydrogen-bond acceptors (Lipinski definition) is 7. The van der Waals surface area contributed by atoms with Gasteiger partial charge in [-0.15, -0.1) is 11.3 Å². The summed E-state index contributed by atoms with van der Waals surface area (Å²) >= 11 is 6.28. The van der Waals surface area contributed by atoms with Gasteiger partial charge < -0.3 is 9.15 Å². The Morgan fingerprint density at radius 3 is 2.96 bits per heavy atom. The zero-order valence-electron chi connectivity index (χ0n) is 15.0. The van der Waals surface area contributed by atoms with E-state index in [0.29, 0.717) is 26.7 Å². The molecule has 0 fully saturated rings. The zero-order chi connectivity index (χ0) is 19.8. The van der Waals surface area contributed by atoms with Crippen LogP contribution >= 0.6 is 39.0 Å². The van der Waals surface area contributed by atoms with Crippen molar-refractivity contribution in [2.75, 3.05) is 6.61 Å². The summed E-state index contributed by atoms with van der Waals surface area (Å²) in [7, 11) is 1.70. The normalized spacial score (nSPS) is 11.4. The van der Waals surface area contributed by atoms with Crippen molar-refractivity contribution >= 4 is 66.2 Å². The molecule has 4 rings (SSSR count). The maximum absolute atomic E-state index is 12.5. The van der Waals surface area contributed by atoms with Gasteiger partial charge in [0.05, 0.1) is 12.0 Å². The average Bonchev–Trinajstić information content (AvgIpc) is 3.28. The molecule has 6 nitrogen and oxygen atoms in total. The molecule has 1 aromatic carbocycles. The highest BCUT2D eigenvalue weighted by atomic mass is 79.9. The molecule has 0 aliphatic heterocycles. The predicted octanol–water partition coefficient (Wildman–Crippen LogP) is 4.97. The molecule has 28 heavy (non-hydrogen) atoms. The van der Waals surface area contributed by atoms with Crippen LogP contribution in [0.1, 0.15) is 23.0 Å². The van der Waals surface area contributed by atoms with Gasteiger partial charge in [-0.05, 0) is 36.6 Å². The van der Waals surface area contributed by atoms with Crippen LogP contribution in [0.4, 0.5) is 0 Å². The molecule has 0 atom stereocenters. The molecule has 9 heteroatoms. The first kappa shape index (κ1) is 19.2. The van der Waals surface area contributed by atoms with Crippen molar-refractivity contribution in [2.24, 2.45) is 7.05 Å². The fraction of sp³-hybridized carbons (Fsp3) is 0.211. The largest absolute Gasteiger partial charge is 0.460 e. The molecule has 0 N–H and O–H groups in total. The molecular weight excluding hydrogens is 464 g/mol. The standard InChI is InChI=1S/C19H15BrN2O4S2/c1-3-25-18(24)15-13(12-8-10(20)4-5-14(12)26-15)9-28-19-21-16-11(6-7-27-16)17(23)22(19)2/h4-8H,3,9H2,1-2H3. The number of ether oxygens (including phenoxy) is 1. The van der Waals surface area contributed by atoms with Gasteiger partial charge in [0.25, 0.3) is 5.56 Å². The number of thiophene rings is 1. The van der Waals surface area contributed by atoms with Crippen molar-refractivity contribution in [1.82, 2.24) is 9.55 Å². The number of nitrogens with zero attached hydrogens (tertiary/aromatic N) is 2. The first-order chi connectivity index (χ1) is 13.5. The number of carbonyl (C=O) groups is 1. The first-order valence-corrected chi connectivity index (χ1v) is 11.1. The van der Waals surface area contributed by atoms with Crippen molar-refractivity contribution in [3.8, 4) is 0 Å². The summed E-state index contributed by atoms with van der Waals surface area (Å²) in [5.74, 6) is 0.0972. The molecule has 3 heterocycles. The second kappa shape index (κ2) is 7.73. The van der Waals surface area contributed by atoms with Gasteiger partial charge in [0.2, 0.25) is 5.76 Å². The highest BCUT2D eigenvalue weighted by Gasteiger charge is 2.23. The van der Waals surface area contributed by atoms with Gasteiger partial charge in [0.1, 0.15) is 10.4 Å². The SMILES string of the molecule is CCOC(=O)c1oc2ccc(Br)cc2c1CSc1nc2sccc2c(=O)n1C. The Balaban J connectivity index is 1.76. The van der Waals surface area contributed by atoms with Gasteiger partial charge in [-0.25, -0.2) is 9.78 Å². The second-order valence-corrected chi connectivity index (χ2v) is 8.71. The van der Waals surface area contributed by atoms with Crippen LogP contribution in [0, 0.1) is 0 Å². The molecule has 0 spiro atoms. The van der Waals surface area contributed by atoms with Crippen molar-refractivity contribution in [2.45, 2.75) is 17.8 Å². The molecule has 0 amide bonds. The van der Waals surface area contributed by atoms with Crippen LogP contribution in [0.25, 0.3) is 21.2 Å². The number of fused-ring (bicyclic) bond motifs is 2. The van der Waals surface area contributed by atoms with Crippen LogP contribution in [-0.2, 0) is 17.5 Å². The van der Waals surface area contributed by atoms with E-state index in [1.54, 1.807) is 20.0 Å². The summed E-state index contributed by atoms with van der Waals surface area (Å²) in [4.78, 5) is 30.2. The van der Waals surface area contributed by atoms with E-state index < -0.39 is 5.97 Å². The maximum Gasteiger partial charge on any atom is 0.374 e. The van der Waals surface area contributed by atoms with E-state index in [2.05, 4.69) is 20.9 Å². The Bertz CT molecular complexity index is 1260. The minimum absolute atomic E-state index is 0.0841. The fourth-order valence-electron chi connectivity index (χ4n) is 2.87. The van der Waals surface area contributed by atoms with E-state index in [1.165, 1.54) is 27.7 Å². The second-order valence-electron chi connectivity index (χ2n) is 5.96. The number of furan rings is 1. The highest BCUT2D eigenvalue weighted by molar-refractivity contribution is 9.10. The lowest BCUT2D eigenvalue weighted by atomic mass is 10.1. The quantitative estimate of drug-likeness (QED) is 0.229. The molecule has 0 aliphatic carbocycles. The molecule has 4 aromatic rings. The van der Waals surface area contributed by atoms with Crippen molar-refractivity contribution in [1.29, 1.82) is 0 Å². The Labute approximate surface area is 176 Å². The smallest absolute Gasteiger partial charge is 0.374 e. The summed E-state index contributed by atoms with van der Waals surface area (Å²) in [5, 5.41) is 3.88. The van der Waals surface area contributed by atoms with E-state index in [-0.39, 0.29) is 17.9 Å². The number of carbonyl (C=O) groups excluding carboxylic acids is 1. The van der Waals surface area contributed by atoms with Crippen LogP contribution in [0.2, 0.25) is 0 Å². The summed E-state index contributed by atoms with van der Waals surface area (Å²) in [6.45, 7) is 2.01. The average molecular weight is 479 g/mol. The van der Waals surface area contributed by atoms with Gasteiger partial charge in [-0.1, -0.05) is 27.7 Å². The minimum Gasteiger partial charge on any atom is -0.460 e. The van der Waals surface area contributed by atoms with E-state index >= 15 is 0 Å². The van der Waals surface area contributed by atoms with Gasteiger partial charge in [-0.3, -0.25) is 9.36 Å². The molecule has 3 aromatic heterocycles. The van der Waals surface area contributed by atoms with Crippen LogP contribution in [0.5, 0.6) is 0 Å². The van der Waals surface area contributed by atoms with E-state index in [4.69, 9.17) is 9.15 Å². The molecule has 0 bridgehead atoms. The lowest BCUT2D eigenvalue weighted by Gasteiger charge is -2.07. The van der Waals surface area contributed by atoms with Gasteiger partial charge in [0.15, 0.2) is 5.16 Å². The first-order valence-electron chi connectivity index (χ1n) is 8.44. The molecule has 0 radical (unpaired) electrons. The maximum atomic E-state index is 12.5. The lowest BCUT2D eigenvalue weighted by Crippen LogP contribution is -2.19. The molecule has 0 saturated heterocycles. The third-order valence-electron chi connectivity index (χ3n) is 4.22. The summed E-state index contributed by atoms with van der Waals surface area (Å²) in [5.41, 5.74) is 1.25. The fourth-order valence-corrected chi connectivity index (χ4v) is 5.04. The zero-order valence-corrected chi connectivity index (χ0v) is 18.2. The monoisotopic (exact) mass is 478 g/mol. The molecule has 0 saturated carbocycles. The highest BCUT2D eigenvalue weighted by Crippen LogP contribution is 2.34. The van der Waals surface area contributed by atoms with Crippen molar-refractivity contribution in [3.05, 3.63) is 55.8 Å². The lowest BCUT2D eigenvalue weighted by molar-refractivity contribution is 0.0491.